The van der Waals surface area contributed by atoms with E-state index >= 15 is 0 Å². The number of carbonyl (C=O) groups excluding carboxylic acids is 2. The lowest BCUT2D eigenvalue weighted by molar-refractivity contribution is 0.0602. The van der Waals surface area contributed by atoms with Crippen LogP contribution in [0.1, 0.15) is 66.2 Å². The van der Waals surface area contributed by atoms with Gasteiger partial charge in [-0.25, -0.2) is 4.79 Å². The lowest BCUT2D eigenvalue weighted by Gasteiger charge is -2.30. The van der Waals surface area contributed by atoms with Crippen molar-refractivity contribution in [3.63, 3.8) is 0 Å². The van der Waals surface area contributed by atoms with Crippen molar-refractivity contribution >= 4 is 45.1 Å². The van der Waals surface area contributed by atoms with Gasteiger partial charge in [0.05, 0.1) is 11.3 Å². The zero-order chi connectivity index (χ0) is 25.8. The molecule has 3 aromatic rings. The van der Waals surface area contributed by atoms with Crippen molar-refractivity contribution in [3.05, 3.63) is 53.6 Å². The molecule has 0 unspecified atom stereocenters. The number of hydrogen-bond donors (Lipinski definition) is 1. The molecular formula is C29H35N3O4. The molecule has 4 rings (SSSR count). The van der Waals surface area contributed by atoms with E-state index in [1.165, 1.54) is 29.1 Å². The largest absolute Gasteiger partial charge is 0.465 e. The Morgan fingerprint density at radius 3 is 2.33 bits per heavy atom. The van der Waals surface area contributed by atoms with Crippen LogP contribution < -0.4 is 4.90 Å². The molecule has 0 spiro atoms. The van der Waals surface area contributed by atoms with Crippen molar-refractivity contribution in [3.8, 4) is 0 Å². The van der Waals surface area contributed by atoms with Gasteiger partial charge in [-0.2, -0.15) is 0 Å². The molecule has 0 atom stereocenters. The summed E-state index contributed by atoms with van der Waals surface area (Å²) in [5.41, 5.74) is 1.56. The number of nitrogens with zero attached hydrogens (tertiary/aromatic N) is 3. The molecule has 0 aliphatic carbocycles. The summed E-state index contributed by atoms with van der Waals surface area (Å²) in [6.07, 6.45) is 5.39. The van der Waals surface area contributed by atoms with Crippen LogP contribution in [0, 0.1) is 0 Å². The van der Waals surface area contributed by atoms with Gasteiger partial charge >= 0.3 is 6.09 Å². The summed E-state index contributed by atoms with van der Waals surface area (Å²) >= 11 is 0. The minimum Gasteiger partial charge on any atom is -0.465 e. The van der Waals surface area contributed by atoms with E-state index < -0.39 is 6.09 Å². The van der Waals surface area contributed by atoms with E-state index in [2.05, 4.69) is 6.92 Å². The zero-order valence-electron chi connectivity index (χ0n) is 21.4. The molecule has 0 aromatic heterocycles. The summed E-state index contributed by atoms with van der Waals surface area (Å²) in [7, 11) is 3.80. The Morgan fingerprint density at radius 2 is 1.61 bits per heavy atom. The van der Waals surface area contributed by atoms with Crippen LogP contribution in [0.4, 0.5) is 10.5 Å². The topological polar surface area (TPSA) is 81.2 Å². The SMILES string of the molecule is CCCCCCCCN(C(=O)O)c1cccc2c3c4c(cccc4cc12)C(=O)N(CCN(C)C)C3=O. The Kier molecular flexibility index (Phi) is 7.89. The van der Waals surface area contributed by atoms with Crippen LogP contribution in [0.5, 0.6) is 0 Å². The molecule has 3 aromatic carbocycles. The molecule has 7 nitrogen and oxygen atoms in total. The first-order valence-corrected chi connectivity index (χ1v) is 12.8. The van der Waals surface area contributed by atoms with Crippen molar-refractivity contribution in [1.29, 1.82) is 0 Å². The van der Waals surface area contributed by atoms with E-state index in [4.69, 9.17) is 0 Å². The van der Waals surface area contributed by atoms with E-state index in [1.807, 2.05) is 43.3 Å². The molecule has 0 radical (unpaired) electrons. The molecular weight excluding hydrogens is 454 g/mol. The number of unbranched alkanes of at least 4 members (excludes halogenated alkanes) is 5. The van der Waals surface area contributed by atoms with Gasteiger partial charge in [0, 0.05) is 36.0 Å². The smallest absolute Gasteiger partial charge is 0.411 e. The lowest BCUT2D eigenvalue weighted by Crippen LogP contribution is -2.43. The Bertz CT molecular complexity index is 1300. The van der Waals surface area contributed by atoms with Crippen LogP contribution in [0.25, 0.3) is 21.5 Å². The number of fused-ring (bicyclic) bond motifs is 2. The number of rotatable bonds is 11. The summed E-state index contributed by atoms with van der Waals surface area (Å²) in [6, 6.07) is 12.8. The van der Waals surface area contributed by atoms with Crippen molar-refractivity contribution in [2.24, 2.45) is 0 Å². The molecule has 0 fully saturated rings. The molecule has 190 valence electrons. The molecule has 1 aliphatic heterocycles. The predicted octanol–water partition coefficient (Wildman–Crippen LogP) is 6.00. The first-order valence-electron chi connectivity index (χ1n) is 12.8. The summed E-state index contributed by atoms with van der Waals surface area (Å²) in [5, 5.41) is 12.9. The van der Waals surface area contributed by atoms with E-state index in [1.54, 1.807) is 18.2 Å². The number of amides is 3. The van der Waals surface area contributed by atoms with Crippen LogP contribution in [0.15, 0.2) is 42.5 Å². The number of hydrogen-bond acceptors (Lipinski definition) is 4. The Morgan fingerprint density at radius 1 is 0.889 bits per heavy atom. The van der Waals surface area contributed by atoms with Crippen molar-refractivity contribution in [2.75, 3.05) is 38.6 Å². The Hall–Kier alpha value is -3.45. The first-order chi connectivity index (χ1) is 17.3. The van der Waals surface area contributed by atoms with Crippen molar-refractivity contribution in [1.82, 2.24) is 9.80 Å². The number of imide groups is 1. The molecule has 0 bridgehead atoms. The number of likely N-dealkylation sites (N-methyl/N-ethyl adjacent to an activating group) is 1. The Labute approximate surface area is 212 Å². The molecule has 0 saturated carbocycles. The number of benzene rings is 3. The summed E-state index contributed by atoms with van der Waals surface area (Å²) in [5.74, 6) is -0.614. The minimum atomic E-state index is -1.01. The molecule has 36 heavy (non-hydrogen) atoms. The summed E-state index contributed by atoms with van der Waals surface area (Å²) in [6.45, 7) is 3.42. The quantitative estimate of drug-likeness (QED) is 0.203. The lowest BCUT2D eigenvalue weighted by atomic mass is 9.89. The molecule has 0 saturated heterocycles. The molecule has 7 heteroatoms. The zero-order valence-corrected chi connectivity index (χ0v) is 21.4. The molecule has 3 amide bonds. The van der Waals surface area contributed by atoms with Crippen molar-refractivity contribution < 1.29 is 19.5 Å². The minimum absolute atomic E-state index is 0.286. The average Bonchev–Trinajstić information content (AvgIpc) is 2.85. The summed E-state index contributed by atoms with van der Waals surface area (Å²) < 4.78 is 0. The van der Waals surface area contributed by atoms with Gasteiger partial charge in [0.1, 0.15) is 0 Å². The maximum atomic E-state index is 13.7. The highest BCUT2D eigenvalue weighted by Crippen LogP contribution is 2.39. The number of carbonyl (C=O) groups is 3. The van der Waals surface area contributed by atoms with Gasteiger partial charge in [-0.05, 0) is 49.5 Å². The highest BCUT2D eigenvalue weighted by Gasteiger charge is 2.34. The van der Waals surface area contributed by atoms with Crippen LogP contribution in [0.3, 0.4) is 0 Å². The van der Waals surface area contributed by atoms with Crippen LogP contribution >= 0.6 is 0 Å². The van der Waals surface area contributed by atoms with Crippen LogP contribution in [-0.4, -0.2) is 66.5 Å². The van der Waals surface area contributed by atoms with Gasteiger partial charge < -0.3 is 10.0 Å². The standard InChI is InChI=1S/C29H35N3O4/c1-4-5-6-7-8-9-16-31(29(35)36)24-15-11-13-21-23(24)19-20-12-10-14-22-25(20)26(21)28(34)32(27(22)33)18-17-30(2)3/h10-15,19H,4-9,16-18H2,1-3H3,(H,35,36). The monoisotopic (exact) mass is 489 g/mol. The van der Waals surface area contributed by atoms with E-state index in [-0.39, 0.29) is 18.4 Å². The molecule has 1 heterocycles. The fourth-order valence-electron chi connectivity index (χ4n) is 5.06. The fourth-order valence-corrected chi connectivity index (χ4v) is 5.06. The average molecular weight is 490 g/mol. The van der Waals surface area contributed by atoms with Gasteiger partial charge in [-0.1, -0.05) is 63.3 Å². The third kappa shape index (κ3) is 4.93. The predicted molar refractivity (Wildman–Crippen MR) is 144 cm³/mol. The molecule has 1 aliphatic rings. The van der Waals surface area contributed by atoms with E-state index in [9.17, 15) is 19.5 Å². The van der Waals surface area contributed by atoms with Crippen LogP contribution in [-0.2, 0) is 0 Å². The maximum absolute atomic E-state index is 13.7. The number of anilines is 1. The normalized spacial score (nSPS) is 13.3. The molecule has 1 N–H and O–H groups in total. The number of carboxylic acid groups (broad SMARTS) is 1. The van der Waals surface area contributed by atoms with Gasteiger partial charge in [0.2, 0.25) is 0 Å². The van der Waals surface area contributed by atoms with Gasteiger partial charge in [0.15, 0.2) is 0 Å². The van der Waals surface area contributed by atoms with E-state index in [0.717, 1.165) is 24.6 Å². The third-order valence-electron chi connectivity index (χ3n) is 6.96. The van der Waals surface area contributed by atoms with E-state index in [0.29, 0.717) is 46.1 Å². The Balaban J connectivity index is 1.79. The second-order valence-electron chi connectivity index (χ2n) is 9.79. The summed E-state index contributed by atoms with van der Waals surface area (Å²) in [4.78, 5) is 43.9. The first kappa shape index (κ1) is 25.6. The van der Waals surface area contributed by atoms with Crippen LogP contribution in [0.2, 0.25) is 0 Å². The second-order valence-corrected chi connectivity index (χ2v) is 9.79. The maximum Gasteiger partial charge on any atom is 0.411 e. The fraction of sp³-hybridized carbons (Fsp3) is 0.414. The van der Waals surface area contributed by atoms with Gasteiger partial charge in [-0.15, -0.1) is 0 Å². The third-order valence-corrected chi connectivity index (χ3v) is 6.96. The highest BCUT2D eigenvalue weighted by molar-refractivity contribution is 6.31. The highest BCUT2D eigenvalue weighted by atomic mass is 16.4. The van der Waals surface area contributed by atoms with Crippen molar-refractivity contribution in [2.45, 2.75) is 45.4 Å². The second kappa shape index (κ2) is 11.1. The van der Waals surface area contributed by atoms with Gasteiger partial charge in [0.25, 0.3) is 11.8 Å². The van der Waals surface area contributed by atoms with Gasteiger partial charge in [-0.3, -0.25) is 19.4 Å².